The monoisotopic (exact) mass is 344 g/mol. The van der Waals surface area contributed by atoms with Gasteiger partial charge in [-0.25, -0.2) is 0 Å². The average Bonchev–Trinajstić information content (AvgIpc) is 2.63. The van der Waals surface area contributed by atoms with Gasteiger partial charge < -0.3 is 14.2 Å². The number of benzene rings is 1. The van der Waals surface area contributed by atoms with Gasteiger partial charge in [0, 0.05) is 6.61 Å². The second-order valence-corrected chi connectivity index (χ2v) is 6.75. The first-order chi connectivity index (χ1) is 12.2. The minimum absolute atomic E-state index is 0.00158. The standard InChI is InChI=1S/C22H32O3/c1-19(14-16-25-22-13-6-7-15-24-22)9-8-10-20(2)17-23-18-21-11-4-3-5-12-21/h3-5,10-12,14,22H,6-9,13,15-18H2,1-2H3. The molecule has 2 rings (SSSR count). The Morgan fingerprint density at radius 2 is 1.96 bits per heavy atom. The Kier molecular flexibility index (Phi) is 9.57. The third kappa shape index (κ3) is 9.01. The van der Waals surface area contributed by atoms with Crippen LogP contribution in [0.5, 0.6) is 0 Å². The SMILES string of the molecule is CC(=CCOC1CCCCO1)CCC=C(C)COCc1ccccc1. The number of hydrogen-bond acceptors (Lipinski definition) is 3. The van der Waals surface area contributed by atoms with E-state index in [9.17, 15) is 0 Å². The lowest BCUT2D eigenvalue weighted by molar-refractivity contribution is -0.155. The maximum absolute atomic E-state index is 5.75. The van der Waals surface area contributed by atoms with Crippen molar-refractivity contribution in [1.82, 2.24) is 0 Å². The van der Waals surface area contributed by atoms with Crippen LogP contribution in [0, 0.1) is 0 Å². The maximum atomic E-state index is 5.75. The van der Waals surface area contributed by atoms with Crippen molar-refractivity contribution in [2.45, 2.75) is 58.8 Å². The Hall–Kier alpha value is -1.42. The van der Waals surface area contributed by atoms with Gasteiger partial charge in [-0.05, 0) is 51.5 Å². The van der Waals surface area contributed by atoms with Crippen LogP contribution < -0.4 is 0 Å². The molecule has 0 N–H and O–H groups in total. The molecule has 0 radical (unpaired) electrons. The zero-order chi connectivity index (χ0) is 17.7. The Balaban J connectivity index is 1.56. The van der Waals surface area contributed by atoms with Crippen LogP contribution in [0.15, 0.2) is 53.6 Å². The third-order valence-electron chi connectivity index (χ3n) is 4.32. The molecule has 3 heteroatoms. The number of ether oxygens (including phenoxy) is 3. The van der Waals surface area contributed by atoms with Gasteiger partial charge in [0.15, 0.2) is 6.29 Å². The number of hydrogen-bond donors (Lipinski definition) is 0. The van der Waals surface area contributed by atoms with Crippen molar-refractivity contribution in [2.24, 2.45) is 0 Å². The van der Waals surface area contributed by atoms with Gasteiger partial charge in [0.25, 0.3) is 0 Å². The quantitative estimate of drug-likeness (QED) is 0.530. The summed E-state index contributed by atoms with van der Waals surface area (Å²) >= 11 is 0. The fourth-order valence-corrected chi connectivity index (χ4v) is 2.75. The van der Waals surface area contributed by atoms with Gasteiger partial charge in [0.1, 0.15) is 0 Å². The van der Waals surface area contributed by atoms with E-state index in [0.29, 0.717) is 19.8 Å². The van der Waals surface area contributed by atoms with Gasteiger partial charge in [0.2, 0.25) is 0 Å². The lowest BCUT2D eigenvalue weighted by Crippen LogP contribution is -2.22. The average molecular weight is 344 g/mol. The summed E-state index contributed by atoms with van der Waals surface area (Å²) in [5.74, 6) is 0. The van der Waals surface area contributed by atoms with Gasteiger partial charge in [-0.1, -0.05) is 53.6 Å². The van der Waals surface area contributed by atoms with Crippen LogP contribution in [-0.2, 0) is 20.8 Å². The molecule has 1 aliphatic rings. The van der Waals surface area contributed by atoms with E-state index in [2.05, 4.69) is 38.1 Å². The predicted octanol–water partition coefficient (Wildman–Crippen LogP) is 5.42. The first-order valence-corrected chi connectivity index (χ1v) is 9.40. The van der Waals surface area contributed by atoms with Gasteiger partial charge in [-0.15, -0.1) is 0 Å². The number of rotatable bonds is 10. The summed E-state index contributed by atoms with van der Waals surface area (Å²) in [6, 6.07) is 10.3. The molecule has 1 aromatic rings. The second-order valence-electron chi connectivity index (χ2n) is 6.75. The van der Waals surface area contributed by atoms with E-state index in [1.165, 1.54) is 23.1 Å². The molecule has 1 saturated heterocycles. The predicted molar refractivity (Wildman–Crippen MR) is 102 cm³/mol. The first kappa shape index (κ1) is 19.9. The molecule has 0 spiro atoms. The zero-order valence-corrected chi connectivity index (χ0v) is 15.7. The van der Waals surface area contributed by atoms with E-state index in [4.69, 9.17) is 14.2 Å². The van der Waals surface area contributed by atoms with Gasteiger partial charge in [0.05, 0.1) is 19.8 Å². The van der Waals surface area contributed by atoms with Crippen LogP contribution in [0.25, 0.3) is 0 Å². The van der Waals surface area contributed by atoms with Gasteiger partial charge in [-0.2, -0.15) is 0 Å². The highest BCUT2D eigenvalue weighted by molar-refractivity contribution is 5.13. The molecule has 0 amide bonds. The summed E-state index contributed by atoms with van der Waals surface area (Å²) in [5, 5.41) is 0. The normalized spacial score (nSPS) is 19.2. The molecule has 1 heterocycles. The molecular formula is C22H32O3. The highest BCUT2D eigenvalue weighted by Gasteiger charge is 2.12. The van der Waals surface area contributed by atoms with E-state index < -0.39 is 0 Å². The number of allylic oxidation sites excluding steroid dienone is 2. The molecule has 0 bridgehead atoms. The summed E-state index contributed by atoms with van der Waals surface area (Å²) < 4.78 is 17.1. The second kappa shape index (κ2) is 12.0. The fraction of sp³-hybridized carbons (Fsp3) is 0.545. The lowest BCUT2D eigenvalue weighted by Gasteiger charge is -2.22. The molecule has 1 unspecified atom stereocenters. The molecule has 0 saturated carbocycles. The van der Waals surface area contributed by atoms with E-state index in [-0.39, 0.29) is 6.29 Å². The van der Waals surface area contributed by atoms with E-state index in [0.717, 1.165) is 32.3 Å². The smallest absolute Gasteiger partial charge is 0.157 e. The van der Waals surface area contributed by atoms with Gasteiger partial charge in [-0.3, -0.25) is 0 Å². The van der Waals surface area contributed by atoms with Crippen LogP contribution in [0.3, 0.4) is 0 Å². The zero-order valence-electron chi connectivity index (χ0n) is 15.7. The first-order valence-electron chi connectivity index (χ1n) is 9.40. The molecule has 1 aromatic carbocycles. The largest absolute Gasteiger partial charge is 0.372 e. The molecule has 0 aliphatic carbocycles. The van der Waals surface area contributed by atoms with Crippen molar-refractivity contribution in [3.63, 3.8) is 0 Å². The minimum Gasteiger partial charge on any atom is -0.372 e. The summed E-state index contributed by atoms with van der Waals surface area (Å²) in [6.07, 6.45) is 9.95. The molecule has 3 nitrogen and oxygen atoms in total. The molecule has 0 aromatic heterocycles. The van der Waals surface area contributed by atoms with Crippen molar-refractivity contribution < 1.29 is 14.2 Å². The molecule has 1 aliphatic heterocycles. The van der Waals surface area contributed by atoms with Crippen LogP contribution >= 0.6 is 0 Å². The molecule has 25 heavy (non-hydrogen) atoms. The summed E-state index contributed by atoms with van der Waals surface area (Å²) in [4.78, 5) is 0. The molecule has 1 atom stereocenters. The lowest BCUT2D eigenvalue weighted by atomic mass is 10.1. The Morgan fingerprint density at radius 1 is 1.12 bits per heavy atom. The Morgan fingerprint density at radius 3 is 2.72 bits per heavy atom. The van der Waals surface area contributed by atoms with E-state index in [1.807, 2.05) is 18.2 Å². The molecular weight excluding hydrogens is 312 g/mol. The van der Waals surface area contributed by atoms with Crippen molar-refractivity contribution in [2.75, 3.05) is 19.8 Å². The minimum atomic E-state index is 0.00158. The maximum Gasteiger partial charge on any atom is 0.157 e. The highest BCUT2D eigenvalue weighted by atomic mass is 16.7. The van der Waals surface area contributed by atoms with Crippen LogP contribution in [0.1, 0.15) is 51.5 Å². The van der Waals surface area contributed by atoms with Crippen LogP contribution in [0.2, 0.25) is 0 Å². The highest BCUT2D eigenvalue weighted by Crippen LogP contribution is 2.14. The molecule has 1 fully saturated rings. The molecule has 138 valence electrons. The van der Waals surface area contributed by atoms with E-state index in [1.54, 1.807) is 0 Å². The summed E-state index contributed by atoms with van der Waals surface area (Å²) in [5.41, 5.74) is 3.87. The summed E-state index contributed by atoms with van der Waals surface area (Å²) in [7, 11) is 0. The summed E-state index contributed by atoms with van der Waals surface area (Å²) in [6.45, 7) is 7.15. The van der Waals surface area contributed by atoms with Crippen molar-refractivity contribution in [3.8, 4) is 0 Å². The fourth-order valence-electron chi connectivity index (χ4n) is 2.75. The van der Waals surface area contributed by atoms with Crippen LogP contribution in [-0.4, -0.2) is 26.1 Å². The van der Waals surface area contributed by atoms with Gasteiger partial charge >= 0.3 is 0 Å². The van der Waals surface area contributed by atoms with E-state index >= 15 is 0 Å². The van der Waals surface area contributed by atoms with Crippen molar-refractivity contribution in [1.29, 1.82) is 0 Å². The van der Waals surface area contributed by atoms with Crippen molar-refractivity contribution in [3.05, 3.63) is 59.2 Å². The Labute approximate surface area is 152 Å². The Bertz CT molecular complexity index is 527. The topological polar surface area (TPSA) is 27.7 Å². The third-order valence-corrected chi connectivity index (χ3v) is 4.32. The van der Waals surface area contributed by atoms with Crippen molar-refractivity contribution >= 4 is 0 Å². The van der Waals surface area contributed by atoms with Crippen LogP contribution in [0.4, 0.5) is 0 Å².